The van der Waals surface area contributed by atoms with E-state index in [0.29, 0.717) is 6.04 Å². The highest BCUT2D eigenvalue weighted by atomic mass is 32.1. The molecule has 0 aliphatic carbocycles. The SMILES string of the molecule is CCC(N)C(c1sccc1C)N(CCCO)C(C)C. The molecule has 2 atom stereocenters. The van der Waals surface area contributed by atoms with E-state index in [1.54, 1.807) is 11.3 Å². The molecule has 0 spiro atoms. The Morgan fingerprint density at radius 1 is 1.42 bits per heavy atom. The molecule has 1 aromatic heterocycles. The Balaban J connectivity index is 3.03. The number of aliphatic hydroxyl groups excluding tert-OH is 1. The quantitative estimate of drug-likeness (QED) is 0.771. The lowest BCUT2D eigenvalue weighted by atomic mass is 9.99. The Morgan fingerprint density at radius 2 is 2.11 bits per heavy atom. The van der Waals surface area contributed by atoms with Gasteiger partial charge in [-0.25, -0.2) is 0 Å². The molecular formula is C15H28N2OS. The van der Waals surface area contributed by atoms with Crippen LogP contribution in [0.1, 0.15) is 50.1 Å². The standard InChI is InChI=1S/C15H28N2OS/c1-5-13(16)14(15-12(4)7-10-19-15)17(11(2)3)8-6-9-18/h7,10-11,13-14,18H,5-6,8-9,16H2,1-4H3. The van der Waals surface area contributed by atoms with E-state index >= 15 is 0 Å². The van der Waals surface area contributed by atoms with Crippen LogP contribution in [0.5, 0.6) is 0 Å². The Labute approximate surface area is 121 Å². The Kier molecular flexibility index (Phi) is 7.00. The first-order chi connectivity index (χ1) is 9.02. The fourth-order valence-corrected chi connectivity index (χ4v) is 3.60. The number of hydrogen-bond acceptors (Lipinski definition) is 4. The van der Waals surface area contributed by atoms with Crippen LogP contribution in [-0.4, -0.2) is 35.2 Å². The third kappa shape index (κ3) is 4.28. The largest absolute Gasteiger partial charge is 0.396 e. The summed E-state index contributed by atoms with van der Waals surface area (Å²) in [5.74, 6) is 0. The van der Waals surface area contributed by atoms with E-state index in [-0.39, 0.29) is 18.7 Å². The normalized spacial score (nSPS) is 15.2. The first-order valence-electron chi connectivity index (χ1n) is 7.19. The Bertz CT molecular complexity index is 365. The molecule has 1 heterocycles. The number of rotatable bonds is 8. The van der Waals surface area contributed by atoms with Crippen LogP contribution in [0.4, 0.5) is 0 Å². The van der Waals surface area contributed by atoms with E-state index in [1.165, 1.54) is 10.4 Å². The predicted molar refractivity (Wildman–Crippen MR) is 83.6 cm³/mol. The van der Waals surface area contributed by atoms with Crippen molar-refractivity contribution < 1.29 is 5.11 Å². The molecule has 0 fully saturated rings. The van der Waals surface area contributed by atoms with E-state index in [9.17, 15) is 0 Å². The second-order valence-corrected chi connectivity index (χ2v) is 6.34. The molecule has 1 aromatic rings. The van der Waals surface area contributed by atoms with Gasteiger partial charge in [-0.1, -0.05) is 6.92 Å². The van der Waals surface area contributed by atoms with Crippen LogP contribution in [-0.2, 0) is 0 Å². The molecule has 0 aromatic carbocycles. The fourth-order valence-electron chi connectivity index (χ4n) is 2.47. The van der Waals surface area contributed by atoms with Gasteiger partial charge >= 0.3 is 0 Å². The van der Waals surface area contributed by atoms with Crippen LogP contribution in [0.2, 0.25) is 0 Å². The molecule has 4 heteroatoms. The van der Waals surface area contributed by atoms with Gasteiger partial charge in [0, 0.05) is 30.1 Å². The highest BCUT2D eigenvalue weighted by Crippen LogP contribution is 2.33. The number of aliphatic hydroxyl groups is 1. The lowest BCUT2D eigenvalue weighted by Gasteiger charge is -2.38. The third-order valence-electron chi connectivity index (χ3n) is 3.64. The van der Waals surface area contributed by atoms with Crippen molar-refractivity contribution in [2.75, 3.05) is 13.2 Å². The molecule has 0 aliphatic rings. The predicted octanol–water partition coefficient (Wildman–Crippen LogP) is 2.93. The summed E-state index contributed by atoms with van der Waals surface area (Å²) < 4.78 is 0. The van der Waals surface area contributed by atoms with Crippen molar-refractivity contribution in [1.82, 2.24) is 4.90 Å². The number of nitrogens with zero attached hydrogens (tertiary/aromatic N) is 1. The molecule has 0 radical (unpaired) electrons. The smallest absolute Gasteiger partial charge is 0.0598 e. The minimum Gasteiger partial charge on any atom is -0.396 e. The lowest BCUT2D eigenvalue weighted by molar-refractivity contribution is 0.120. The summed E-state index contributed by atoms with van der Waals surface area (Å²) in [7, 11) is 0. The van der Waals surface area contributed by atoms with Gasteiger partial charge in [-0.15, -0.1) is 11.3 Å². The zero-order valence-electron chi connectivity index (χ0n) is 12.6. The van der Waals surface area contributed by atoms with Crippen molar-refractivity contribution in [3.05, 3.63) is 21.9 Å². The van der Waals surface area contributed by atoms with Crippen molar-refractivity contribution >= 4 is 11.3 Å². The minimum absolute atomic E-state index is 0.137. The number of aryl methyl sites for hydroxylation is 1. The fraction of sp³-hybridized carbons (Fsp3) is 0.733. The molecule has 110 valence electrons. The number of thiophene rings is 1. The van der Waals surface area contributed by atoms with E-state index in [1.807, 2.05) is 0 Å². The maximum Gasteiger partial charge on any atom is 0.0598 e. The van der Waals surface area contributed by atoms with Gasteiger partial charge in [-0.05, 0) is 50.6 Å². The van der Waals surface area contributed by atoms with Gasteiger partial charge in [0.05, 0.1) is 6.04 Å². The van der Waals surface area contributed by atoms with Gasteiger partial charge in [0.25, 0.3) is 0 Å². The highest BCUT2D eigenvalue weighted by Gasteiger charge is 2.29. The van der Waals surface area contributed by atoms with Crippen molar-refractivity contribution in [2.45, 2.75) is 58.7 Å². The van der Waals surface area contributed by atoms with Crippen molar-refractivity contribution in [3.63, 3.8) is 0 Å². The van der Waals surface area contributed by atoms with Gasteiger partial charge in [-0.3, -0.25) is 4.90 Å². The van der Waals surface area contributed by atoms with Gasteiger partial charge in [0.1, 0.15) is 0 Å². The van der Waals surface area contributed by atoms with Crippen molar-refractivity contribution in [2.24, 2.45) is 5.73 Å². The molecule has 1 rings (SSSR count). The van der Waals surface area contributed by atoms with Crippen molar-refractivity contribution in [1.29, 1.82) is 0 Å². The summed E-state index contributed by atoms with van der Waals surface area (Å²) >= 11 is 1.80. The molecule has 19 heavy (non-hydrogen) atoms. The van der Waals surface area contributed by atoms with Gasteiger partial charge < -0.3 is 10.8 Å². The second kappa shape index (κ2) is 8.00. The summed E-state index contributed by atoms with van der Waals surface area (Å²) in [5, 5.41) is 11.2. The molecule has 3 nitrogen and oxygen atoms in total. The molecule has 0 saturated heterocycles. The molecule has 0 bridgehead atoms. The van der Waals surface area contributed by atoms with Gasteiger partial charge in [0.2, 0.25) is 0 Å². The maximum absolute atomic E-state index is 9.10. The van der Waals surface area contributed by atoms with Crippen LogP contribution in [0, 0.1) is 6.92 Å². The van der Waals surface area contributed by atoms with Crippen molar-refractivity contribution in [3.8, 4) is 0 Å². The molecule has 0 aliphatic heterocycles. The Hall–Kier alpha value is -0.420. The van der Waals surface area contributed by atoms with E-state index < -0.39 is 0 Å². The first-order valence-corrected chi connectivity index (χ1v) is 8.07. The minimum atomic E-state index is 0.137. The second-order valence-electron chi connectivity index (χ2n) is 5.39. The third-order valence-corrected chi connectivity index (χ3v) is 4.73. The lowest BCUT2D eigenvalue weighted by Crippen LogP contribution is -2.44. The van der Waals surface area contributed by atoms with Crippen LogP contribution < -0.4 is 5.73 Å². The average Bonchev–Trinajstić information content (AvgIpc) is 2.79. The monoisotopic (exact) mass is 284 g/mol. The summed E-state index contributed by atoms with van der Waals surface area (Å²) in [6, 6.07) is 2.99. The molecular weight excluding hydrogens is 256 g/mol. The van der Waals surface area contributed by atoms with E-state index in [2.05, 4.69) is 44.0 Å². The molecule has 3 N–H and O–H groups in total. The average molecular weight is 284 g/mol. The van der Waals surface area contributed by atoms with E-state index in [0.717, 1.165) is 19.4 Å². The van der Waals surface area contributed by atoms with Crippen LogP contribution in [0.3, 0.4) is 0 Å². The zero-order chi connectivity index (χ0) is 14.4. The van der Waals surface area contributed by atoms with Crippen LogP contribution in [0.25, 0.3) is 0 Å². The van der Waals surface area contributed by atoms with Crippen LogP contribution >= 0.6 is 11.3 Å². The number of nitrogens with two attached hydrogens (primary N) is 1. The van der Waals surface area contributed by atoms with Gasteiger partial charge in [-0.2, -0.15) is 0 Å². The number of hydrogen-bond donors (Lipinski definition) is 2. The molecule has 0 saturated carbocycles. The van der Waals surface area contributed by atoms with E-state index in [4.69, 9.17) is 10.8 Å². The topological polar surface area (TPSA) is 49.5 Å². The summed E-state index contributed by atoms with van der Waals surface area (Å²) in [4.78, 5) is 3.81. The first kappa shape index (κ1) is 16.6. The highest BCUT2D eigenvalue weighted by molar-refractivity contribution is 7.10. The Morgan fingerprint density at radius 3 is 2.53 bits per heavy atom. The maximum atomic E-state index is 9.10. The molecule has 0 amide bonds. The zero-order valence-corrected chi connectivity index (χ0v) is 13.4. The summed E-state index contributed by atoms with van der Waals surface area (Å²) in [6.07, 6.45) is 1.76. The van der Waals surface area contributed by atoms with Gasteiger partial charge in [0.15, 0.2) is 0 Å². The van der Waals surface area contributed by atoms with Crippen LogP contribution in [0.15, 0.2) is 11.4 Å². The summed E-state index contributed by atoms with van der Waals surface area (Å²) in [6.45, 7) is 9.84. The summed E-state index contributed by atoms with van der Waals surface area (Å²) in [5.41, 5.74) is 7.72. The molecule has 2 unspecified atom stereocenters.